The lowest BCUT2D eigenvalue weighted by Gasteiger charge is -2.04. The molecule has 0 aliphatic carbocycles. The maximum absolute atomic E-state index is 4.97. The summed E-state index contributed by atoms with van der Waals surface area (Å²) in [6, 6.07) is 0. The summed E-state index contributed by atoms with van der Waals surface area (Å²) in [5, 5.41) is 12.8. The van der Waals surface area contributed by atoms with Gasteiger partial charge in [0.05, 0.1) is 6.61 Å². The molecule has 0 spiro atoms. The second-order valence-corrected chi connectivity index (χ2v) is 5.17. The minimum absolute atomic E-state index is 0.668. The third-order valence-corrected chi connectivity index (χ3v) is 3.66. The lowest BCUT2D eigenvalue weighted by molar-refractivity contribution is 0.199. The third kappa shape index (κ3) is 3.99. The van der Waals surface area contributed by atoms with Gasteiger partial charge in [-0.3, -0.25) is 0 Å². The fourth-order valence-corrected chi connectivity index (χ4v) is 2.18. The number of nitrogens with zero attached hydrogens (tertiary/aromatic N) is 5. The maximum Gasteiger partial charge on any atom is 0.198 e. The van der Waals surface area contributed by atoms with E-state index in [2.05, 4.69) is 25.5 Å². The molecule has 0 aromatic carbocycles. The van der Waals surface area contributed by atoms with E-state index in [0.29, 0.717) is 11.8 Å². The minimum Gasteiger partial charge on any atom is -0.383 e. The van der Waals surface area contributed by atoms with Crippen LogP contribution in [0.3, 0.4) is 0 Å². The summed E-state index contributed by atoms with van der Waals surface area (Å²) in [6.45, 7) is 4.15. The fraction of sp³-hybridized carbons (Fsp3) is 0.500. The van der Waals surface area contributed by atoms with Crippen molar-refractivity contribution in [1.29, 1.82) is 0 Å². The molecule has 0 atom stereocenters. The molecule has 7 nitrogen and oxygen atoms in total. The molecule has 0 radical (unpaired) electrons. The summed E-state index contributed by atoms with van der Waals surface area (Å²) in [5.74, 6) is 0.867. The first kappa shape index (κ1) is 14.9. The number of rotatable bonds is 7. The van der Waals surface area contributed by atoms with E-state index in [1.165, 1.54) is 11.8 Å². The highest BCUT2D eigenvalue weighted by atomic mass is 32.2. The van der Waals surface area contributed by atoms with E-state index < -0.39 is 0 Å². The Bertz CT molecular complexity index is 541. The Kier molecular flexibility index (Phi) is 5.45. The van der Waals surface area contributed by atoms with E-state index >= 15 is 0 Å². The van der Waals surface area contributed by atoms with Gasteiger partial charge in [-0.05, 0) is 18.7 Å². The average molecular weight is 294 g/mol. The van der Waals surface area contributed by atoms with Gasteiger partial charge in [-0.2, -0.15) is 0 Å². The van der Waals surface area contributed by atoms with Gasteiger partial charge < -0.3 is 14.6 Å². The van der Waals surface area contributed by atoms with Crippen molar-refractivity contribution >= 4 is 11.8 Å². The summed E-state index contributed by atoms with van der Waals surface area (Å²) in [7, 11) is 3.61. The van der Waals surface area contributed by atoms with Gasteiger partial charge in [-0.1, -0.05) is 0 Å². The van der Waals surface area contributed by atoms with Crippen LogP contribution in [-0.2, 0) is 18.3 Å². The van der Waals surface area contributed by atoms with E-state index in [9.17, 15) is 0 Å². The smallest absolute Gasteiger partial charge is 0.198 e. The zero-order valence-electron chi connectivity index (χ0n) is 11.8. The first-order valence-corrected chi connectivity index (χ1v) is 7.06. The highest BCUT2D eigenvalue weighted by Crippen LogP contribution is 2.21. The molecule has 108 valence electrons. The summed E-state index contributed by atoms with van der Waals surface area (Å²) in [4.78, 5) is 8.65. The quantitative estimate of drug-likeness (QED) is 0.598. The Morgan fingerprint density at radius 3 is 2.65 bits per heavy atom. The summed E-state index contributed by atoms with van der Waals surface area (Å²) in [5.41, 5.74) is 1.04. The first-order chi connectivity index (χ1) is 9.70. The van der Waals surface area contributed by atoms with E-state index in [4.69, 9.17) is 4.74 Å². The Hall–Kier alpha value is -1.51. The highest BCUT2D eigenvalue weighted by Gasteiger charge is 2.08. The van der Waals surface area contributed by atoms with Crippen LogP contribution in [-0.4, -0.2) is 45.0 Å². The SMILES string of the molecule is COCCNCc1cnc(Sc2nnc(C)n2C)nc1. The average Bonchev–Trinajstić information content (AvgIpc) is 2.77. The number of aryl methyl sites for hydroxylation is 1. The Balaban J connectivity index is 1.89. The second-order valence-electron chi connectivity index (χ2n) is 4.23. The Morgan fingerprint density at radius 2 is 2.05 bits per heavy atom. The van der Waals surface area contributed by atoms with Crippen LogP contribution in [0.5, 0.6) is 0 Å². The van der Waals surface area contributed by atoms with Gasteiger partial charge in [-0.15, -0.1) is 10.2 Å². The van der Waals surface area contributed by atoms with Crippen LogP contribution >= 0.6 is 11.8 Å². The van der Waals surface area contributed by atoms with Gasteiger partial charge >= 0.3 is 0 Å². The second kappa shape index (κ2) is 7.32. The van der Waals surface area contributed by atoms with E-state index in [0.717, 1.165) is 29.6 Å². The number of hydrogen-bond donors (Lipinski definition) is 1. The zero-order chi connectivity index (χ0) is 14.4. The normalized spacial score (nSPS) is 10.9. The summed E-state index contributed by atoms with van der Waals surface area (Å²) in [6.07, 6.45) is 3.64. The van der Waals surface area contributed by atoms with Crippen molar-refractivity contribution in [2.75, 3.05) is 20.3 Å². The van der Waals surface area contributed by atoms with Gasteiger partial charge in [0.25, 0.3) is 0 Å². The van der Waals surface area contributed by atoms with Crippen molar-refractivity contribution in [3.8, 4) is 0 Å². The van der Waals surface area contributed by atoms with Crippen molar-refractivity contribution < 1.29 is 4.74 Å². The first-order valence-electron chi connectivity index (χ1n) is 6.25. The molecule has 0 aliphatic heterocycles. The lowest BCUT2D eigenvalue weighted by Crippen LogP contribution is -2.18. The van der Waals surface area contributed by atoms with Crippen molar-refractivity contribution in [1.82, 2.24) is 30.0 Å². The van der Waals surface area contributed by atoms with E-state index in [1.54, 1.807) is 7.11 Å². The van der Waals surface area contributed by atoms with Gasteiger partial charge in [0.2, 0.25) is 0 Å². The number of aromatic nitrogens is 5. The van der Waals surface area contributed by atoms with Crippen LogP contribution in [0.4, 0.5) is 0 Å². The van der Waals surface area contributed by atoms with Crippen LogP contribution in [0.2, 0.25) is 0 Å². The molecule has 20 heavy (non-hydrogen) atoms. The van der Waals surface area contributed by atoms with Crippen molar-refractivity contribution in [3.63, 3.8) is 0 Å². The molecule has 0 bridgehead atoms. The molecule has 2 aromatic rings. The molecule has 1 N–H and O–H groups in total. The predicted octanol–water partition coefficient (Wildman–Crippen LogP) is 0.801. The van der Waals surface area contributed by atoms with Gasteiger partial charge in [-0.25, -0.2) is 9.97 Å². The van der Waals surface area contributed by atoms with Crippen LogP contribution in [0, 0.1) is 6.92 Å². The third-order valence-electron chi connectivity index (χ3n) is 2.73. The van der Waals surface area contributed by atoms with Crippen molar-refractivity contribution in [2.45, 2.75) is 23.8 Å². The van der Waals surface area contributed by atoms with Crippen LogP contribution < -0.4 is 5.32 Å². The number of nitrogens with one attached hydrogen (secondary N) is 1. The number of methoxy groups -OCH3 is 1. The molecular weight excluding hydrogens is 276 g/mol. The molecular formula is C12H18N6OS. The standard InChI is InChI=1S/C12H18N6OS/c1-9-16-17-12(18(9)2)20-11-14-7-10(8-15-11)6-13-4-5-19-3/h7-8,13H,4-6H2,1-3H3. The number of hydrogen-bond acceptors (Lipinski definition) is 7. The highest BCUT2D eigenvalue weighted by molar-refractivity contribution is 7.99. The molecule has 0 aliphatic rings. The molecule has 0 saturated carbocycles. The number of ether oxygens (including phenoxy) is 1. The fourth-order valence-electron chi connectivity index (χ4n) is 1.45. The van der Waals surface area contributed by atoms with Crippen LogP contribution in [0.15, 0.2) is 22.7 Å². The molecule has 0 amide bonds. The minimum atomic E-state index is 0.668. The predicted molar refractivity (Wildman–Crippen MR) is 75.5 cm³/mol. The molecule has 0 unspecified atom stereocenters. The summed E-state index contributed by atoms with van der Waals surface area (Å²) >= 11 is 1.40. The molecule has 2 heterocycles. The van der Waals surface area contributed by atoms with Crippen molar-refractivity contribution in [3.05, 3.63) is 23.8 Å². The van der Waals surface area contributed by atoms with E-state index in [1.807, 2.05) is 30.9 Å². The Morgan fingerprint density at radius 1 is 1.30 bits per heavy atom. The van der Waals surface area contributed by atoms with Crippen molar-refractivity contribution in [2.24, 2.45) is 7.05 Å². The molecule has 0 saturated heterocycles. The maximum atomic E-state index is 4.97. The topological polar surface area (TPSA) is 77.8 Å². The van der Waals surface area contributed by atoms with Crippen LogP contribution in [0.1, 0.15) is 11.4 Å². The molecule has 8 heteroatoms. The molecule has 0 fully saturated rings. The van der Waals surface area contributed by atoms with Gasteiger partial charge in [0.15, 0.2) is 10.3 Å². The monoisotopic (exact) mass is 294 g/mol. The largest absolute Gasteiger partial charge is 0.383 e. The summed E-state index contributed by atoms with van der Waals surface area (Å²) < 4.78 is 6.88. The lowest BCUT2D eigenvalue weighted by atomic mass is 10.3. The zero-order valence-corrected chi connectivity index (χ0v) is 12.6. The van der Waals surface area contributed by atoms with Gasteiger partial charge in [0, 0.05) is 45.2 Å². The van der Waals surface area contributed by atoms with Gasteiger partial charge in [0.1, 0.15) is 5.82 Å². The molecule has 2 rings (SSSR count). The molecule has 2 aromatic heterocycles. The Labute approximate surface area is 122 Å². The van der Waals surface area contributed by atoms with Crippen LogP contribution in [0.25, 0.3) is 0 Å². The van der Waals surface area contributed by atoms with E-state index in [-0.39, 0.29) is 0 Å².